The van der Waals surface area contributed by atoms with Gasteiger partial charge >= 0.3 is 0 Å². The van der Waals surface area contributed by atoms with Gasteiger partial charge in [0.25, 0.3) is 0 Å². The average Bonchev–Trinajstić information content (AvgIpc) is 3.60. The van der Waals surface area contributed by atoms with Gasteiger partial charge in [-0.15, -0.1) is 0 Å². The fourth-order valence-electron chi connectivity index (χ4n) is 5.83. The highest BCUT2D eigenvalue weighted by molar-refractivity contribution is 9.13. The van der Waals surface area contributed by atoms with Gasteiger partial charge in [0, 0.05) is 45.4 Å². The Balaban J connectivity index is 0.000000148. The SMILES string of the molecule is NC(=O)/C=C1\CCc2c(Br)c(Br)c3c(c21)CCO3.NC(=O)CC1CCc2c(Br)c(Br)c3c(c21)CCO3. The lowest BCUT2D eigenvalue weighted by atomic mass is 9.92. The standard InChI is InChI=1S/C13H13Br2NO2.C13H11Br2NO2/c2*14-11-7-2-1-6(5-9(16)17)10(7)8-3-4-18-13(8)12(11)15/h6H,1-5H2,(H2,16,17);5H,1-4H2,(H2,16,17)/b;6-5+. The number of carbonyl (C=O) groups excluding carboxylic acids is 2. The summed E-state index contributed by atoms with van der Waals surface area (Å²) in [5, 5.41) is 0. The molecule has 10 heteroatoms. The first kappa shape index (κ1) is 26.3. The monoisotopic (exact) mass is 744 g/mol. The van der Waals surface area contributed by atoms with Crippen LogP contribution in [0, 0.1) is 0 Å². The van der Waals surface area contributed by atoms with E-state index in [0.29, 0.717) is 13.0 Å². The number of benzene rings is 2. The van der Waals surface area contributed by atoms with E-state index in [4.69, 9.17) is 20.9 Å². The van der Waals surface area contributed by atoms with Crippen molar-refractivity contribution in [2.45, 2.75) is 50.9 Å². The number of amides is 2. The summed E-state index contributed by atoms with van der Waals surface area (Å²) in [5.41, 5.74) is 19.2. The molecule has 0 radical (unpaired) electrons. The van der Waals surface area contributed by atoms with Gasteiger partial charge in [0.1, 0.15) is 11.5 Å². The van der Waals surface area contributed by atoms with Crippen molar-refractivity contribution >= 4 is 81.1 Å². The highest BCUT2D eigenvalue weighted by atomic mass is 79.9. The van der Waals surface area contributed by atoms with Crippen LogP contribution in [0.2, 0.25) is 0 Å². The minimum Gasteiger partial charge on any atom is -0.492 e. The number of fused-ring (bicyclic) bond motifs is 6. The molecule has 0 aromatic heterocycles. The molecule has 36 heavy (non-hydrogen) atoms. The molecule has 0 saturated carbocycles. The van der Waals surface area contributed by atoms with Crippen LogP contribution < -0.4 is 20.9 Å². The zero-order chi connectivity index (χ0) is 25.7. The molecule has 6 nitrogen and oxygen atoms in total. The predicted molar refractivity (Wildman–Crippen MR) is 152 cm³/mol. The van der Waals surface area contributed by atoms with Crippen molar-refractivity contribution in [2.24, 2.45) is 11.5 Å². The van der Waals surface area contributed by atoms with Gasteiger partial charge in [-0.1, -0.05) is 0 Å². The molecule has 6 rings (SSSR count). The van der Waals surface area contributed by atoms with Crippen molar-refractivity contribution in [1.29, 1.82) is 0 Å². The molecule has 2 aliphatic heterocycles. The molecule has 2 aromatic rings. The van der Waals surface area contributed by atoms with Crippen molar-refractivity contribution in [2.75, 3.05) is 13.2 Å². The molecule has 0 fully saturated rings. The maximum Gasteiger partial charge on any atom is 0.241 e. The van der Waals surface area contributed by atoms with Crippen LogP contribution >= 0.6 is 63.7 Å². The number of hydrogen-bond donors (Lipinski definition) is 2. The van der Waals surface area contributed by atoms with Crippen LogP contribution in [0.3, 0.4) is 0 Å². The number of primary amides is 2. The van der Waals surface area contributed by atoms with E-state index in [-0.39, 0.29) is 17.7 Å². The Kier molecular flexibility index (Phi) is 7.60. The first-order valence-corrected chi connectivity index (χ1v) is 15.0. The Hall–Kier alpha value is -1.36. The minimum absolute atomic E-state index is 0.223. The predicted octanol–water partition coefficient (Wildman–Crippen LogP) is 6.01. The van der Waals surface area contributed by atoms with Crippen LogP contribution in [-0.2, 0) is 35.3 Å². The molecule has 190 valence electrons. The molecular formula is C26H24Br4N2O4. The largest absolute Gasteiger partial charge is 0.492 e. The summed E-state index contributed by atoms with van der Waals surface area (Å²) < 4.78 is 15.5. The Labute approximate surface area is 243 Å². The smallest absolute Gasteiger partial charge is 0.241 e. The fraction of sp³-hybridized carbons (Fsp3) is 0.385. The summed E-state index contributed by atoms with van der Waals surface area (Å²) in [7, 11) is 0. The molecule has 0 spiro atoms. The van der Waals surface area contributed by atoms with Crippen molar-refractivity contribution in [3.8, 4) is 11.5 Å². The Morgan fingerprint density at radius 1 is 0.778 bits per heavy atom. The highest BCUT2D eigenvalue weighted by Gasteiger charge is 2.34. The highest BCUT2D eigenvalue weighted by Crippen LogP contribution is 2.51. The van der Waals surface area contributed by atoms with Crippen molar-refractivity contribution < 1.29 is 19.1 Å². The zero-order valence-electron chi connectivity index (χ0n) is 19.3. The van der Waals surface area contributed by atoms with E-state index in [2.05, 4.69) is 63.7 Å². The van der Waals surface area contributed by atoms with Gasteiger partial charge in [-0.3, -0.25) is 9.59 Å². The first-order chi connectivity index (χ1) is 17.2. The topological polar surface area (TPSA) is 105 Å². The summed E-state index contributed by atoms with van der Waals surface area (Å²) in [6.45, 7) is 1.42. The lowest BCUT2D eigenvalue weighted by Crippen LogP contribution is -2.14. The first-order valence-electron chi connectivity index (χ1n) is 11.8. The molecule has 2 aliphatic carbocycles. The summed E-state index contributed by atoms with van der Waals surface area (Å²) in [4.78, 5) is 22.3. The third-order valence-electron chi connectivity index (χ3n) is 7.19. The Morgan fingerprint density at radius 3 is 2.03 bits per heavy atom. The summed E-state index contributed by atoms with van der Waals surface area (Å²) >= 11 is 14.4. The fourth-order valence-corrected chi connectivity index (χ4v) is 8.18. The third kappa shape index (κ3) is 4.56. The lowest BCUT2D eigenvalue weighted by molar-refractivity contribution is -0.118. The second kappa shape index (κ2) is 10.4. The summed E-state index contributed by atoms with van der Waals surface area (Å²) in [6.07, 6.45) is 7.59. The number of hydrogen-bond acceptors (Lipinski definition) is 4. The van der Waals surface area contributed by atoms with E-state index in [1.54, 1.807) is 6.08 Å². The van der Waals surface area contributed by atoms with Crippen LogP contribution in [-0.4, -0.2) is 25.0 Å². The zero-order valence-corrected chi connectivity index (χ0v) is 25.7. The lowest BCUT2D eigenvalue weighted by Gasteiger charge is -2.16. The molecule has 0 saturated heterocycles. The van der Waals surface area contributed by atoms with Crippen LogP contribution in [0.5, 0.6) is 11.5 Å². The molecule has 2 aromatic carbocycles. The van der Waals surface area contributed by atoms with Gasteiger partial charge in [0.2, 0.25) is 11.8 Å². The van der Waals surface area contributed by atoms with Gasteiger partial charge in [0.05, 0.1) is 22.2 Å². The van der Waals surface area contributed by atoms with E-state index in [1.807, 2.05) is 0 Å². The number of ether oxygens (including phenoxy) is 2. The third-order valence-corrected chi connectivity index (χ3v) is 11.5. The maximum absolute atomic E-state index is 11.2. The Morgan fingerprint density at radius 2 is 1.39 bits per heavy atom. The van der Waals surface area contributed by atoms with Gasteiger partial charge < -0.3 is 20.9 Å². The molecule has 2 heterocycles. The van der Waals surface area contributed by atoms with E-state index in [0.717, 1.165) is 85.7 Å². The number of rotatable bonds is 3. The second-order valence-corrected chi connectivity index (χ2v) is 12.5. The normalized spacial score (nSPS) is 19.6. The molecule has 1 atom stereocenters. The molecular weight excluding hydrogens is 724 g/mol. The second-order valence-electron chi connectivity index (χ2n) is 9.29. The minimum atomic E-state index is -0.385. The van der Waals surface area contributed by atoms with Crippen LogP contribution in [0.4, 0.5) is 0 Å². The number of nitrogens with two attached hydrogens (primary N) is 2. The van der Waals surface area contributed by atoms with Gasteiger partial charge in [0.15, 0.2) is 0 Å². The van der Waals surface area contributed by atoms with Gasteiger partial charge in [-0.05, 0) is 123 Å². The van der Waals surface area contributed by atoms with Crippen LogP contribution in [0.15, 0.2) is 24.0 Å². The molecule has 1 unspecified atom stereocenters. The quantitative estimate of drug-likeness (QED) is 0.376. The Bertz CT molecular complexity index is 1340. The van der Waals surface area contributed by atoms with E-state index >= 15 is 0 Å². The van der Waals surface area contributed by atoms with Gasteiger partial charge in [-0.2, -0.15) is 0 Å². The summed E-state index contributed by atoms with van der Waals surface area (Å²) in [6, 6.07) is 0. The molecule has 0 bridgehead atoms. The van der Waals surface area contributed by atoms with E-state index < -0.39 is 0 Å². The van der Waals surface area contributed by atoms with Crippen LogP contribution in [0.25, 0.3) is 5.57 Å². The van der Waals surface area contributed by atoms with E-state index in [9.17, 15) is 9.59 Å². The van der Waals surface area contributed by atoms with Gasteiger partial charge in [-0.25, -0.2) is 0 Å². The molecule has 4 N–H and O–H groups in total. The van der Waals surface area contributed by atoms with Crippen molar-refractivity contribution in [1.82, 2.24) is 0 Å². The van der Waals surface area contributed by atoms with Crippen LogP contribution in [0.1, 0.15) is 58.6 Å². The maximum atomic E-state index is 11.2. The average molecular weight is 748 g/mol. The molecule has 4 aliphatic rings. The number of halogens is 4. The summed E-state index contributed by atoms with van der Waals surface area (Å²) in [5.74, 6) is 1.50. The van der Waals surface area contributed by atoms with Crippen molar-refractivity contribution in [3.63, 3.8) is 0 Å². The molecule has 2 amide bonds. The van der Waals surface area contributed by atoms with E-state index in [1.165, 1.54) is 27.8 Å². The van der Waals surface area contributed by atoms with Crippen molar-refractivity contribution in [3.05, 3.63) is 57.3 Å². The number of allylic oxidation sites excluding steroid dienone is 1. The number of carbonyl (C=O) groups is 2.